The van der Waals surface area contributed by atoms with Crippen LogP contribution in [0, 0.1) is 5.92 Å². The van der Waals surface area contributed by atoms with Crippen LogP contribution >= 0.6 is 11.6 Å². The number of halogens is 1. The number of hydrogen-bond acceptors (Lipinski definition) is 3. The number of rotatable bonds is 7. The molecule has 0 fully saturated rings. The zero-order valence-electron chi connectivity index (χ0n) is 13.1. The normalized spacial score (nSPS) is 11.8. The van der Waals surface area contributed by atoms with Crippen molar-refractivity contribution < 1.29 is 9.53 Å². The molecule has 1 unspecified atom stereocenters. The molecule has 0 aliphatic carbocycles. The van der Waals surface area contributed by atoms with Gasteiger partial charge in [-0.3, -0.25) is 4.79 Å². The summed E-state index contributed by atoms with van der Waals surface area (Å²) in [6.45, 7) is 2.83. The molecule has 0 heterocycles. The quantitative estimate of drug-likeness (QED) is 0.815. The van der Waals surface area contributed by atoms with Gasteiger partial charge in [0.05, 0.1) is 0 Å². The predicted octanol–water partition coefficient (Wildman–Crippen LogP) is 3.49. The molecule has 0 bridgehead atoms. The lowest BCUT2D eigenvalue weighted by molar-refractivity contribution is -0.119. The molecule has 3 N–H and O–H groups in total. The highest BCUT2D eigenvalue weighted by molar-refractivity contribution is 6.31. The molecule has 2 aromatic rings. The van der Waals surface area contributed by atoms with Gasteiger partial charge >= 0.3 is 0 Å². The Bertz CT molecular complexity index is 644. The fourth-order valence-electron chi connectivity index (χ4n) is 2.16. The number of nitrogens with one attached hydrogen (secondary N) is 1. The van der Waals surface area contributed by atoms with Crippen molar-refractivity contribution in [1.82, 2.24) is 0 Å². The third-order valence-corrected chi connectivity index (χ3v) is 3.81. The molecule has 0 saturated carbocycles. The van der Waals surface area contributed by atoms with Crippen molar-refractivity contribution in [1.29, 1.82) is 0 Å². The Labute approximate surface area is 141 Å². The molecular weight excluding hydrogens is 312 g/mol. The summed E-state index contributed by atoms with van der Waals surface area (Å²) in [5, 5.41) is 3.59. The summed E-state index contributed by atoms with van der Waals surface area (Å²) in [4.78, 5) is 12.3. The molecule has 2 aromatic carbocycles. The molecule has 2 rings (SSSR count). The highest BCUT2D eigenvalue weighted by Crippen LogP contribution is 2.20. The van der Waals surface area contributed by atoms with Crippen LogP contribution in [0.3, 0.4) is 0 Å². The maximum absolute atomic E-state index is 12.3. The minimum absolute atomic E-state index is 0.0412. The lowest BCUT2D eigenvalue weighted by Crippen LogP contribution is -2.22. The van der Waals surface area contributed by atoms with E-state index in [9.17, 15) is 4.79 Å². The minimum atomic E-state index is -0.178. The summed E-state index contributed by atoms with van der Waals surface area (Å²) >= 11 is 6.14. The van der Waals surface area contributed by atoms with E-state index in [4.69, 9.17) is 22.1 Å². The Hall–Kier alpha value is -2.04. The van der Waals surface area contributed by atoms with Crippen LogP contribution in [-0.4, -0.2) is 19.1 Å². The van der Waals surface area contributed by atoms with E-state index in [2.05, 4.69) is 5.32 Å². The van der Waals surface area contributed by atoms with Crippen molar-refractivity contribution >= 4 is 23.2 Å². The lowest BCUT2D eigenvalue weighted by Gasteiger charge is -2.13. The van der Waals surface area contributed by atoms with Gasteiger partial charge in [0, 0.05) is 23.2 Å². The second-order valence-corrected chi connectivity index (χ2v) is 5.75. The van der Waals surface area contributed by atoms with Crippen molar-refractivity contribution in [3.63, 3.8) is 0 Å². The van der Waals surface area contributed by atoms with Gasteiger partial charge in [0.1, 0.15) is 12.4 Å². The molecular formula is C18H21ClN2O2. The Balaban J connectivity index is 1.91. The SMILES string of the molecule is CC(Cc1ccccc1Cl)C(=O)Nc1ccc(OCCN)cc1. The van der Waals surface area contributed by atoms with Crippen molar-refractivity contribution in [3.8, 4) is 5.75 Å². The summed E-state index contributed by atoms with van der Waals surface area (Å²) in [6, 6.07) is 14.8. The zero-order valence-corrected chi connectivity index (χ0v) is 13.8. The van der Waals surface area contributed by atoms with Gasteiger partial charge in [0.2, 0.25) is 5.91 Å². The lowest BCUT2D eigenvalue weighted by atomic mass is 10.0. The smallest absolute Gasteiger partial charge is 0.227 e. The van der Waals surface area contributed by atoms with Crippen LogP contribution in [0.5, 0.6) is 5.75 Å². The van der Waals surface area contributed by atoms with Crippen LogP contribution < -0.4 is 15.8 Å². The summed E-state index contributed by atoms with van der Waals surface area (Å²) in [5.74, 6) is 0.515. The molecule has 0 saturated heterocycles. The number of ether oxygens (including phenoxy) is 1. The van der Waals surface area contributed by atoms with Crippen LogP contribution in [0.4, 0.5) is 5.69 Å². The number of anilines is 1. The highest BCUT2D eigenvalue weighted by atomic mass is 35.5. The summed E-state index contributed by atoms with van der Waals surface area (Å²) in [6.07, 6.45) is 0.600. The van der Waals surface area contributed by atoms with Crippen molar-refractivity contribution in [2.24, 2.45) is 11.7 Å². The Morgan fingerprint density at radius 2 is 1.91 bits per heavy atom. The van der Waals surface area contributed by atoms with E-state index < -0.39 is 0 Å². The third kappa shape index (κ3) is 5.27. The number of carbonyl (C=O) groups is 1. The minimum Gasteiger partial charge on any atom is -0.492 e. The monoisotopic (exact) mass is 332 g/mol. The molecule has 0 aromatic heterocycles. The fraction of sp³-hybridized carbons (Fsp3) is 0.278. The van der Waals surface area contributed by atoms with Gasteiger partial charge in [-0.25, -0.2) is 0 Å². The fourth-order valence-corrected chi connectivity index (χ4v) is 2.38. The van der Waals surface area contributed by atoms with Gasteiger partial charge < -0.3 is 15.8 Å². The van der Waals surface area contributed by atoms with E-state index >= 15 is 0 Å². The van der Waals surface area contributed by atoms with Crippen LogP contribution in [0.1, 0.15) is 12.5 Å². The van der Waals surface area contributed by atoms with Crippen molar-refractivity contribution in [3.05, 3.63) is 59.1 Å². The van der Waals surface area contributed by atoms with Crippen LogP contribution in [0.15, 0.2) is 48.5 Å². The predicted molar refractivity (Wildman–Crippen MR) is 93.9 cm³/mol. The molecule has 0 aliphatic heterocycles. The van der Waals surface area contributed by atoms with Gasteiger partial charge in [0.25, 0.3) is 0 Å². The standard InChI is InChI=1S/C18H21ClN2O2/c1-13(12-14-4-2-3-5-17(14)19)18(22)21-15-6-8-16(9-7-15)23-11-10-20/h2-9,13H,10-12,20H2,1H3,(H,21,22). The van der Waals surface area contributed by atoms with E-state index in [1.807, 2.05) is 55.5 Å². The van der Waals surface area contributed by atoms with Gasteiger partial charge in [-0.2, -0.15) is 0 Å². The first kappa shape index (κ1) is 17.3. The molecule has 23 heavy (non-hydrogen) atoms. The number of nitrogens with two attached hydrogens (primary N) is 1. The topological polar surface area (TPSA) is 64.3 Å². The summed E-state index contributed by atoms with van der Waals surface area (Å²) in [7, 11) is 0. The van der Waals surface area contributed by atoms with E-state index in [0.717, 1.165) is 17.0 Å². The molecule has 0 aliphatic rings. The van der Waals surface area contributed by atoms with Crippen molar-refractivity contribution in [2.75, 3.05) is 18.5 Å². The molecule has 0 radical (unpaired) electrons. The van der Waals surface area contributed by atoms with Crippen molar-refractivity contribution in [2.45, 2.75) is 13.3 Å². The first-order valence-corrected chi connectivity index (χ1v) is 7.95. The molecule has 1 atom stereocenters. The average molecular weight is 333 g/mol. The first-order chi connectivity index (χ1) is 11.1. The van der Waals surface area contributed by atoms with Gasteiger partial charge in [-0.1, -0.05) is 36.7 Å². The maximum Gasteiger partial charge on any atom is 0.227 e. The van der Waals surface area contributed by atoms with Crippen LogP contribution in [0.2, 0.25) is 5.02 Å². The highest BCUT2D eigenvalue weighted by Gasteiger charge is 2.15. The second kappa shape index (κ2) is 8.56. The number of carbonyl (C=O) groups excluding carboxylic acids is 1. The van der Waals surface area contributed by atoms with Crippen LogP contribution in [-0.2, 0) is 11.2 Å². The Morgan fingerprint density at radius 1 is 1.22 bits per heavy atom. The zero-order chi connectivity index (χ0) is 16.7. The van der Waals surface area contributed by atoms with E-state index in [1.54, 1.807) is 0 Å². The Kier molecular flexibility index (Phi) is 6.44. The first-order valence-electron chi connectivity index (χ1n) is 7.57. The number of hydrogen-bond donors (Lipinski definition) is 2. The van der Waals surface area contributed by atoms with Gasteiger partial charge in [-0.05, 0) is 42.3 Å². The molecule has 0 spiro atoms. The van der Waals surface area contributed by atoms with E-state index in [1.165, 1.54) is 0 Å². The average Bonchev–Trinajstić information content (AvgIpc) is 2.56. The third-order valence-electron chi connectivity index (χ3n) is 3.44. The van der Waals surface area contributed by atoms with E-state index in [0.29, 0.717) is 24.6 Å². The molecule has 5 heteroatoms. The van der Waals surface area contributed by atoms with E-state index in [-0.39, 0.29) is 11.8 Å². The van der Waals surface area contributed by atoms with Crippen LogP contribution in [0.25, 0.3) is 0 Å². The second-order valence-electron chi connectivity index (χ2n) is 5.35. The van der Waals surface area contributed by atoms with Gasteiger partial charge in [0.15, 0.2) is 0 Å². The van der Waals surface area contributed by atoms with Gasteiger partial charge in [-0.15, -0.1) is 0 Å². The summed E-state index contributed by atoms with van der Waals surface area (Å²) < 4.78 is 5.40. The number of benzene rings is 2. The number of amides is 1. The largest absolute Gasteiger partial charge is 0.492 e. The maximum atomic E-state index is 12.3. The molecule has 1 amide bonds. The molecule has 122 valence electrons. The molecule has 4 nitrogen and oxygen atoms in total. The summed E-state index contributed by atoms with van der Waals surface area (Å²) in [5.41, 5.74) is 7.10. The Morgan fingerprint density at radius 3 is 2.57 bits per heavy atom.